The van der Waals surface area contributed by atoms with Gasteiger partial charge in [0.15, 0.2) is 0 Å². The van der Waals surface area contributed by atoms with Crippen LogP contribution in [0.1, 0.15) is 29.8 Å². The van der Waals surface area contributed by atoms with E-state index in [4.69, 9.17) is 9.47 Å². The maximum atomic E-state index is 12.0. The highest BCUT2D eigenvalue weighted by molar-refractivity contribution is 5.91. The standard InChI is InChI=1S/C15H19N3O3/c1-11(2)20-6-7-21-15(19)14-5-4-13(8-12(14)3)18-10-16-9-17-18/h4-5,8-11H,6-7H2,1-3H3. The molecular formula is C15H19N3O3. The van der Waals surface area contributed by atoms with E-state index in [1.807, 2.05) is 32.9 Å². The van der Waals surface area contributed by atoms with Crippen molar-refractivity contribution in [1.29, 1.82) is 0 Å². The minimum atomic E-state index is -0.343. The SMILES string of the molecule is Cc1cc(-n2cncn2)ccc1C(=O)OCCOC(C)C. The summed E-state index contributed by atoms with van der Waals surface area (Å²) < 4.78 is 12.2. The summed E-state index contributed by atoms with van der Waals surface area (Å²) in [6.07, 6.45) is 3.20. The first-order chi connectivity index (χ1) is 10.1. The number of esters is 1. The maximum absolute atomic E-state index is 12.0. The van der Waals surface area contributed by atoms with Gasteiger partial charge >= 0.3 is 5.97 Å². The smallest absolute Gasteiger partial charge is 0.338 e. The lowest BCUT2D eigenvalue weighted by Gasteiger charge is -2.10. The van der Waals surface area contributed by atoms with Gasteiger partial charge in [-0.05, 0) is 44.5 Å². The first-order valence-corrected chi connectivity index (χ1v) is 6.82. The predicted molar refractivity (Wildman–Crippen MR) is 77.5 cm³/mol. The van der Waals surface area contributed by atoms with Crippen molar-refractivity contribution in [1.82, 2.24) is 14.8 Å². The lowest BCUT2D eigenvalue weighted by Crippen LogP contribution is -2.14. The number of carbonyl (C=O) groups excluding carboxylic acids is 1. The highest BCUT2D eigenvalue weighted by Crippen LogP contribution is 2.14. The van der Waals surface area contributed by atoms with Gasteiger partial charge in [-0.25, -0.2) is 14.5 Å². The molecule has 0 radical (unpaired) electrons. The molecule has 0 fully saturated rings. The number of aryl methyl sites for hydroxylation is 1. The molecule has 2 aromatic rings. The average molecular weight is 289 g/mol. The van der Waals surface area contributed by atoms with Crippen LogP contribution in [-0.2, 0) is 9.47 Å². The second-order valence-electron chi connectivity index (χ2n) is 4.89. The van der Waals surface area contributed by atoms with E-state index in [1.165, 1.54) is 6.33 Å². The molecule has 2 rings (SSSR count). The van der Waals surface area contributed by atoms with Gasteiger partial charge in [0, 0.05) is 0 Å². The molecule has 0 spiro atoms. The molecule has 0 unspecified atom stereocenters. The summed E-state index contributed by atoms with van der Waals surface area (Å²) in [5.41, 5.74) is 2.23. The Morgan fingerprint density at radius 2 is 2.14 bits per heavy atom. The molecule has 0 atom stereocenters. The van der Waals surface area contributed by atoms with Gasteiger partial charge in [0.05, 0.1) is 24.0 Å². The third kappa shape index (κ3) is 4.13. The number of rotatable bonds is 6. The first kappa shape index (κ1) is 15.2. The molecule has 1 aromatic carbocycles. The van der Waals surface area contributed by atoms with Gasteiger partial charge in [-0.15, -0.1) is 0 Å². The van der Waals surface area contributed by atoms with Crippen molar-refractivity contribution in [2.45, 2.75) is 26.9 Å². The van der Waals surface area contributed by atoms with Crippen LogP contribution >= 0.6 is 0 Å². The predicted octanol–water partition coefficient (Wildman–Crippen LogP) is 2.16. The van der Waals surface area contributed by atoms with Gasteiger partial charge in [0.2, 0.25) is 0 Å². The maximum Gasteiger partial charge on any atom is 0.338 e. The molecule has 0 aliphatic carbocycles. The molecule has 112 valence electrons. The van der Waals surface area contributed by atoms with E-state index in [0.29, 0.717) is 12.2 Å². The second kappa shape index (κ2) is 6.99. The van der Waals surface area contributed by atoms with Crippen LogP contribution in [0.5, 0.6) is 0 Å². The fraction of sp³-hybridized carbons (Fsp3) is 0.400. The average Bonchev–Trinajstić information content (AvgIpc) is 2.97. The monoisotopic (exact) mass is 289 g/mol. The summed E-state index contributed by atoms with van der Waals surface area (Å²) in [6, 6.07) is 5.41. The minimum Gasteiger partial charge on any atom is -0.460 e. The third-order valence-electron chi connectivity index (χ3n) is 2.88. The lowest BCUT2D eigenvalue weighted by atomic mass is 10.1. The molecule has 21 heavy (non-hydrogen) atoms. The Balaban J connectivity index is 1.98. The lowest BCUT2D eigenvalue weighted by molar-refractivity contribution is 0.0176. The Morgan fingerprint density at radius 3 is 2.76 bits per heavy atom. The summed E-state index contributed by atoms with van der Waals surface area (Å²) in [4.78, 5) is 15.9. The quantitative estimate of drug-likeness (QED) is 0.602. The van der Waals surface area contributed by atoms with Crippen LogP contribution < -0.4 is 0 Å². The number of ether oxygens (including phenoxy) is 2. The summed E-state index contributed by atoms with van der Waals surface area (Å²) in [5, 5.41) is 4.05. The van der Waals surface area contributed by atoms with E-state index < -0.39 is 0 Å². The van der Waals surface area contributed by atoms with Crippen LogP contribution in [0.2, 0.25) is 0 Å². The zero-order valence-electron chi connectivity index (χ0n) is 12.4. The molecule has 0 saturated carbocycles. The molecular weight excluding hydrogens is 270 g/mol. The number of carbonyl (C=O) groups is 1. The van der Waals surface area contributed by atoms with Gasteiger partial charge in [0.25, 0.3) is 0 Å². The van der Waals surface area contributed by atoms with Gasteiger partial charge in [-0.1, -0.05) is 0 Å². The molecule has 1 aromatic heterocycles. The van der Waals surface area contributed by atoms with Crippen molar-refractivity contribution < 1.29 is 14.3 Å². The minimum absolute atomic E-state index is 0.132. The first-order valence-electron chi connectivity index (χ1n) is 6.82. The largest absolute Gasteiger partial charge is 0.460 e. The number of aromatic nitrogens is 3. The van der Waals surface area contributed by atoms with E-state index in [-0.39, 0.29) is 18.7 Å². The van der Waals surface area contributed by atoms with Crippen LogP contribution in [0.25, 0.3) is 5.69 Å². The summed E-state index contributed by atoms with van der Waals surface area (Å²) in [7, 11) is 0. The van der Waals surface area contributed by atoms with E-state index in [2.05, 4.69) is 10.1 Å². The Morgan fingerprint density at radius 1 is 1.33 bits per heavy atom. The van der Waals surface area contributed by atoms with Crippen molar-refractivity contribution in [3.05, 3.63) is 42.0 Å². The fourth-order valence-electron chi connectivity index (χ4n) is 1.86. The van der Waals surface area contributed by atoms with Crippen LogP contribution in [0, 0.1) is 6.92 Å². The summed E-state index contributed by atoms with van der Waals surface area (Å²) in [5.74, 6) is -0.343. The highest BCUT2D eigenvalue weighted by atomic mass is 16.6. The Kier molecular flexibility index (Phi) is 5.05. The molecule has 6 heteroatoms. The topological polar surface area (TPSA) is 66.2 Å². The van der Waals surface area contributed by atoms with Crippen molar-refractivity contribution in [2.75, 3.05) is 13.2 Å². The summed E-state index contributed by atoms with van der Waals surface area (Å²) in [6.45, 7) is 6.39. The molecule has 6 nitrogen and oxygen atoms in total. The van der Waals surface area contributed by atoms with Crippen molar-refractivity contribution >= 4 is 5.97 Å². The van der Waals surface area contributed by atoms with Gasteiger partial charge in [-0.2, -0.15) is 5.10 Å². The normalized spacial score (nSPS) is 10.9. The van der Waals surface area contributed by atoms with Crippen LogP contribution in [-0.4, -0.2) is 40.1 Å². The Bertz CT molecular complexity index is 594. The van der Waals surface area contributed by atoms with Crippen molar-refractivity contribution in [3.63, 3.8) is 0 Å². The Hall–Kier alpha value is -2.21. The van der Waals surface area contributed by atoms with Gasteiger partial charge in [-0.3, -0.25) is 0 Å². The van der Waals surface area contributed by atoms with E-state index in [1.54, 1.807) is 17.1 Å². The molecule has 1 heterocycles. The fourth-order valence-corrected chi connectivity index (χ4v) is 1.86. The number of hydrogen-bond acceptors (Lipinski definition) is 5. The molecule has 0 amide bonds. The van der Waals surface area contributed by atoms with Crippen molar-refractivity contribution in [2.24, 2.45) is 0 Å². The van der Waals surface area contributed by atoms with Gasteiger partial charge < -0.3 is 9.47 Å². The molecule has 0 aliphatic heterocycles. The third-order valence-corrected chi connectivity index (χ3v) is 2.88. The molecule has 0 aliphatic rings. The van der Waals surface area contributed by atoms with Crippen LogP contribution in [0.3, 0.4) is 0 Å². The summed E-state index contributed by atoms with van der Waals surface area (Å²) >= 11 is 0. The zero-order valence-corrected chi connectivity index (χ0v) is 12.4. The van der Waals surface area contributed by atoms with E-state index in [9.17, 15) is 4.79 Å². The number of hydrogen-bond donors (Lipinski definition) is 0. The van der Waals surface area contributed by atoms with E-state index in [0.717, 1.165) is 11.3 Å². The zero-order chi connectivity index (χ0) is 15.2. The van der Waals surface area contributed by atoms with Crippen LogP contribution in [0.4, 0.5) is 0 Å². The molecule has 0 saturated heterocycles. The number of benzene rings is 1. The highest BCUT2D eigenvalue weighted by Gasteiger charge is 2.11. The second-order valence-corrected chi connectivity index (χ2v) is 4.89. The molecule has 0 N–H and O–H groups in total. The Labute approximate surface area is 123 Å². The van der Waals surface area contributed by atoms with Gasteiger partial charge in [0.1, 0.15) is 19.3 Å². The number of nitrogens with zero attached hydrogens (tertiary/aromatic N) is 3. The van der Waals surface area contributed by atoms with Crippen LogP contribution in [0.15, 0.2) is 30.9 Å². The van der Waals surface area contributed by atoms with Crippen molar-refractivity contribution in [3.8, 4) is 5.69 Å². The van der Waals surface area contributed by atoms with E-state index >= 15 is 0 Å². The molecule has 0 bridgehead atoms.